The van der Waals surface area contributed by atoms with Crippen molar-refractivity contribution < 1.29 is 4.79 Å². The highest BCUT2D eigenvalue weighted by atomic mass is 16.2. The topological polar surface area (TPSA) is 195 Å². The molecule has 0 saturated carbocycles. The lowest BCUT2D eigenvalue weighted by Crippen LogP contribution is -2.22. The normalized spacial score (nSPS) is 11.4. The van der Waals surface area contributed by atoms with E-state index in [1.165, 1.54) is 0 Å². The van der Waals surface area contributed by atoms with Gasteiger partial charge in [0.15, 0.2) is 0 Å². The van der Waals surface area contributed by atoms with Crippen LogP contribution in [0.15, 0.2) is 68.9 Å². The molecule has 0 heterocycles. The van der Waals surface area contributed by atoms with Gasteiger partial charge >= 0.3 is 6.03 Å². The summed E-state index contributed by atoms with van der Waals surface area (Å²) in [5.74, 6) is -0.234. The van der Waals surface area contributed by atoms with Crippen LogP contribution in [0, 0.1) is 0 Å². The molecule has 30 heavy (non-hydrogen) atoms. The van der Waals surface area contributed by atoms with E-state index in [0.717, 1.165) is 11.1 Å². The Labute approximate surface area is 173 Å². The van der Waals surface area contributed by atoms with Gasteiger partial charge in [0.1, 0.15) is 0 Å². The fourth-order valence-corrected chi connectivity index (χ4v) is 2.26. The summed E-state index contributed by atoms with van der Waals surface area (Å²) in [5.41, 5.74) is 25.2. The van der Waals surface area contributed by atoms with Crippen LogP contribution in [0.5, 0.6) is 0 Å². The molecule has 156 valence electrons. The first-order valence-corrected chi connectivity index (χ1v) is 8.80. The van der Waals surface area contributed by atoms with Crippen molar-refractivity contribution in [2.24, 2.45) is 43.3 Å². The van der Waals surface area contributed by atoms with Crippen molar-refractivity contribution in [3.8, 4) is 0 Å². The van der Waals surface area contributed by atoms with Gasteiger partial charge in [-0.25, -0.2) is 4.79 Å². The third-order valence-corrected chi connectivity index (χ3v) is 3.75. The van der Waals surface area contributed by atoms with Gasteiger partial charge in [-0.1, -0.05) is 24.3 Å². The summed E-state index contributed by atoms with van der Waals surface area (Å²) < 4.78 is 0. The van der Waals surface area contributed by atoms with Crippen LogP contribution in [0.2, 0.25) is 0 Å². The molecule has 0 bridgehead atoms. The Balaban J connectivity index is 1.97. The lowest BCUT2D eigenvalue weighted by molar-refractivity contribution is 0.262. The monoisotopic (exact) mass is 408 g/mol. The van der Waals surface area contributed by atoms with Gasteiger partial charge in [0, 0.05) is 11.4 Å². The molecule has 0 aliphatic carbocycles. The van der Waals surface area contributed by atoms with Crippen LogP contribution in [0.4, 0.5) is 16.2 Å². The highest BCUT2D eigenvalue weighted by molar-refractivity contribution is 6.02. The molecule has 0 atom stereocenters. The van der Waals surface area contributed by atoms with E-state index < -0.39 is 0 Å². The van der Waals surface area contributed by atoms with Gasteiger partial charge in [-0.15, -0.1) is 10.2 Å². The fraction of sp³-hybridized carbons (Fsp3) is 0.105. The maximum atomic E-state index is 12.2. The van der Waals surface area contributed by atoms with Gasteiger partial charge in [0.25, 0.3) is 0 Å². The third-order valence-electron chi connectivity index (χ3n) is 3.75. The minimum absolute atomic E-state index is 0.117. The molecular formula is C19H24N10O. The summed E-state index contributed by atoms with van der Waals surface area (Å²) in [6.07, 6.45) is 0. The third kappa shape index (κ3) is 6.96. The molecule has 0 aromatic heterocycles. The number of nitrogens with zero attached hydrogens (tertiary/aromatic N) is 4. The smallest absolute Gasteiger partial charge is 0.323 e. The van der Waals surface area contributed by atoms with Crippen molar-refractivity contribution in [3.63, 3.8) is 0 Å². The Bertz CT molecular complexity index is 915. The first-order valence-electron chi connectivity index (χ1n) is 8.80. The molecule has 2 rings (SSSR count). The first-order chi connectivity index (χ1) is 14.2. The van der Waals surface area contributed by atoms with E-state index in [2.05, 4.69) is 31.0 Å². The molecule has 0 aliphatic rings. The second-order valence-corrected chi connectivity index (χ2v) is 6.15. The molecule has 2 aromatic carbocycles. The molecule has 10 N–H and O–H groups in total. The standard InChI is InChI=1S/C19H24N10O/c1-11(26-28-17(20)21)13-3-7-15(8-4-13)24-19(30)25-16-9-5-14(6-10-16)12(2)27-29-18(22)23/h3-10H,1-2H3,(H4,20,21,28)(H4,22,23,29)(H2,24,25,30)/b26-11-,27-12-. The summed E-state index contributed by atoms with van der Waals surface area (Å²) in [6, 6.07) is 13.8. The van der Waals surface area contributed by atoms with Crippen molar-refractivity contribution >= 4 is 40.7 Å². The van der Waals surface area contributed by atoms with Crippen molar-refractivity contribution in [3.05, 3.63) is 59.7 Å². The van der Waals surface area contributed by atoms with Crippen LogP contribution in [0.25, 0.3) is 0 Å². The number of guanidine groups is 2. The van der Waals surface area contributed by atoms with Crippen LogP contribution in [-0.4, -0.2) is 29.4 Å². The predicted molar refractivity (Wildman–Crippen MR) is 122 cm³/mol. The van der Waals surface area contributed by atoms with Crippen molar-refractivity contribution in [1.29, 1.82) is 0 Å². The number of nitrogens with one attached hydrogen (secondary N) is 2. The van der Waals surface area contributed by atoms with Gasteiger partial charge in [-0.2, -0.15) is 10.2 Å². The van der Waals surface area contributed by atoms with Gasteiger partial charge in [0.2, 0.25) is 11.9 Å². The molecule has 0 radical (unpaired) electrons. The molecular weight excluding hydrogens is 384 g/mol. The van der Waals surface area contributed by atoms with Crippen LogP contribution >= 0.6 is 0 Å². The van der Waals surface area contributed by atoms with Crippen molar-refractivity contribution in [1.82, 2.24) is 0 Å². The molecule has 11 nitrogen and oxygen atoms in total. The summed E-state index contributed by atoms with van der Waals surface area (Å²) in [5, 5.41) is 20.5. The van der Waals surface area contributed by atoms with Crippen LogP contribution in [-0.2, 0) is 0 Å². The minimum atomic E-state index is -0.382. The van der Waals surface area contributed by atoms with E-state index in [9.17, 15) is 4.79 Å². The summed E-state index contributed by atoms with van der Waals surface area (Å²) in [7, 11) is 0. The molecule has 0 saturated heterocycles. The number of amides is 2. The van der Waals surface area contributed by atoms with E-state index in [-0.39, 0.29) is 18.0 Å². The highest BCUT2D eigenvalue weighted by Crippen LogP contribution is 2.14. The Hall–Kier alpha value is -4.41. The summed E-state index contributed by atoms with van der Waals surface area (Å²) >= 11 is 0. The highest BCUT2D eigenvalue weighted by Gasteiger charge is 2.05. The quantitative estimate of drug-likeness (QED) is 0.238. The van der Waals surface area contributed by atoms with Crippen LogP contribution < -0.4 is 33.6 Å². The number of hydrogen-bond donors (Lipinski definition) is 6. The number of carbonyl (C=O) groups excluding carboxylic acids is 1. The SMILES string of the molecule is C/C(=N/N=C(N)N)c1ccc(NC(=O)Nc2ccc(/C(C)=N\N=C(N)N)cc2)cc1. The minimum Gasteiger partial charge on any atom is -0.369 e. The van der Waals surface area contributed by atoms with Gasteiger partial charge in [-0.05, 0) is 49.2 Å². The van der Waals surface area contributed by atoms with E-state index in [1.54, 1.807) is 62.4 Å². The number of anilines is 2. The maximum Gasteiger partial charge on any atom is 0.323 e. The van der Waals surface area contributed by atoms with Gasteiger partial charge in [-0.3, -0.25) is 0 Å². The van der Waals surface area contributed by atoms with E-state index in [1.807, 2.05) is 0 Å². The zero-order chi connectivity index (χ0) is 22.1. The number of urea groups is 1. The molecule has 0 unspecified atom stereocenters. The Morgan fingerprint density at radius 3 is 1.27 bits per heavy atom. The molecule has 0 spiro atoms. The van der Waals surface area contributed by atoms with Gasteiger partial charge < -0.3 is 33.6 Å². The van der Waals surface area contributed by atoms with Crippen LogP contribution in [0.1, 0.15) is 25.0 Å². The summed E-state index contributed by atoms with van der Waals surface area (Å²) in [6.45, 7) is 3.55. The molecule has 2 aromatic rings. The van der Waals surface area contributed by atoms with Crippen molar-refractivity contribution in [2.45, 2.75) is 13.8 Å². The molecule has 0 aliphatic heterocycles. The number of nitrogens with two attached hydrogens (primary N) is 4. The second-order valence-electron chi connectivity index (χ2n) is 6.15. The number of hydrogen-bond acceptors (Lipinski definition) is 5. The molecule has 2 amide bonds. The Kier molecular flexibility index (Phi) is 7.46. The van der Waals surface area contributed by atoms with Gasteiger partial charge in [0.05, 0.1) is 11.4 Å². The predicted octanol–water partition coefficient (Wildman–Crippen LogP) is 1.33. The molecule has 11 heteroatoms. The average Bonchev–Trinajstić information content (AvgIpc) is 2.71. The molecule has 0 fully saturated rings. The van der Waals surface area contributed by atoms with Crippen molar-refractivity contribution in [2.75, 3.05) is 10.6 Å². The average molecular weight is 408 g/mol. The lowest BCUT2D eigenvalue weighted by atomic mass is 10.1. The first kappa shape index (κ1) is 21.9. The zero-order valence-corrected chi connectivity index (χ0v) is 16.6. The number of benzene rings is 2. The van der Waals surface area contributed by atoms with Crippen LogP contribution in [0.3, 0.4) is 0 Å². The number of rotatable bonds is 6. The fourth-order valence-electron chi connectivity index (χ4n) is 2.26. The largest absolute Gasteiger partial charge is 0.369 e. The Morgan fingerprint density at radius 1 is 0.633 bits per heavy atom. The maximum absolute atomic E-state index is 12.2. The zero-order valence-electron chi connectivity index (χ0n) is 16.6. The van der Waals surface area contributed by atoms with E-state index >= 15 is 0 Å². The lowest BCUT2D eigenvalue weighted by Gasteiger charge is -2.09. The number of carbonyl (C=O) groups is 1. The summed E-state index contributed by atoms with van der Waals surface area (Å²) in [4.78, 5) is 12.2. The Morgan fingerprint density at radius 2 is 0.967 bits per heavy atom. The van der Waals surface area contributed by atoms with E-state index in [4.69, 9.17) is 22.9 Å². The second kappa shape index (κ2) is 10.2. The van der Waals surface area contributed by atoms with E-state index in [0.29, 0.717) is 22.8 Å².